The molecule has 0 bridgehead atoms. The zero-order valence-electron chi connectivity index (χ0n) is 23.3. The van der Waals surface area contributed by atoms with E-state index in [2.05, 4.69) is 10.1 Å². The van der Waals surface area contributed by atoms with Gasteiger partial charge in [-0.3, -0.25) is 0 Å². The van der Waals surface area contributed by atoms with E-state index >= 15 is 4.39 Å². The summed E-state index contributed by atoms with van der Waals surface area (Å²) in [6.45, 7) is 5.66. The van der Waals surface area contributed by atoms with Gasteiger partial charge < -0.3 is 23.6 Å². The van der Waals surface area contributed by atoms with Crippen molar-refractivity contribution in [3.05, 3.63) is 108 Å². The third-order valence-electron chi connectivity index (χ3n) is 5.72. The number of amides is 1. The van der Waals surface area contributed by atoms with Gasteiger partial charge >= 0.3 is 20.6 Å². The maximum absolute atomic E-state index is 15.3. The molecule has 3 rings (SSSR count). The van der Waals surface area contributed by atoms with Crippen LogP contribution >= 0.6 is 0 Å². The molecule has 0 fully saturated rings. The number of carbonyl (C=O) groups is 2. The minimum absolute atomic E-state index is 0.147. The summed E-state index contributed by atoms with van der Waals surface area (Å²) in [6, 6.07) is 26.7. The summed E-state index contributed by atoms with van der Waals surface area (Å²) < 4.78 is 38.4. The quantitative estimate of drug-likeness (QED) is 0.191. The summed E-state index contributed by atoms with van der Waals surface area (Å²) in [4.78, 5) is 24.2. The van der Waals surface area contributed by atoms with Gasteiger partial charge in [-0.2, -0.15) is 0 Å². The SMILES string of the molecule is COC(=O)NC(COC(=O)c1ccccc1)/C(F)=C/CCO[Si](OC(C)(C)C)(c1ccccc1)c1ccccc1. The molecule has 0 aliphatic heterocycles. The van der Waals surface area contributed by atoms with Gasteiger partial charge in [-0.1, -0.05) is 78.9 Å². The fraction of sp³-hybridized carbons (Fsp3) is 0.290. The average Bonchev–Trinajstić information content (AvgIpc) is 2.97. The molecule has 3 aromatic carbocycles. The molecule has 1 N–H and O–H groups in total. The molecule has 0 saturated carbocycles. The van der Waals surface area contributed by atoms with Crippen LogP contribution in [0.1, 0.15) is 37.6 Å². The molecule has 40 heavy (non-hydrogen) atoms. The molecule has 212 valence electrons. The predicted molar refractivity (Wildman–Crippen MR) is 155 cm³/mol. The van der Waals surface area contributed by atoms with E-state index in [0.717, 1.165) is 10.4 Å². The second kappa shape index (κ2) is 14.6. The monoisotopic (exact) mass is 565 g/mol. The van der Waals surface area contributed by atoms with Crippen molar-refractivity contribution in [1.82, 2.24) is 5.32 Å². The number of alkyl carbamates (subject to hydrolysis) is 1. The molecule has 0 aliphatic carbocycles. The first kappa shape index (κ1) is 30.7. The first-order valence-electron chi connectivity index (χ1n) is 13.0. The van der Waals surface area contributed by atoms with E-state index in [1.165, 1.54) is 13.2 Å². The number of rotatable bonds is 12. The molecule has 7 nitrogen and oxygen atoms in total. The zero-order chi connectivity index (χ0) is 29.0. The lowest BCUT2D eigenvalue weighted by Gasteiger charge is -2.37. The molecule has 0 aliphatic rings. The lowest BCUT2D eigenvalue weighted by atomic mass is 10.2. The van der Waals surface area contributed by atoms with Crippen LogP contribution in [0.3, 0.4) is 0 Å². The standard InChI is InChI=1S/C31H36FNO6Si/c1-31(2,3)39-40(25-17-10-6-11-18-25,26-19-12-7-13-20-26)38-22-14-21-27(32)28(33-30(35)36-4)23-37-29(34)24-15-8-5-9-16-24/h5-13,15-21,28H,14,22-23H2,1-4H3,(H,33,35)/b27-21-. The highest BCUT2D eigenvalue weighted by Crippen LogP contribution is 2.20. The Morgan fingerprint density at radius 2 is 1.43 bits per heavy atom. The number of carbonyl (C=O) groups excluding carboxylic acids is 2. The first-order valence-corrected chi connectivity index (χ1v) is 14.8. The number of methoxy groups -OCH3 is 1. The minimum Gasteiger partial charge on any atom is -0.459 e. The van der Waals surface area contributed by atoms with Crippen LogP contribution in [0, 0.1) is 0 Å². The van der Waals surface area contributed by atoms with Crippen LogP contribution in [-0.4, -0.2) is 52.6 Å². The summed E-state index contributed by atoms with van der Waals surface area (Å²) in [5.41, 5.74) is -0.198. The maximum Gasteiger partial charge on any atom is 0.407 e. The second-order valence-corrected chi connectivity index (χ2v) is 12.8. The van der Waals surface area contributed by atoms with Gasteiger partial charge in [0.2, 0.25) is 0 Å². The molecule has 3 aromatic rings. The van der Waals surface area contributed by atoms with Crippen LogP contribution in [0.2, 0.25) is 0 Å². The Morgan fingerprint density at radius 1 is 0.900 bits per heavy atom. The number of halogens is 1. The molecule has 1 atom stereocenters. The predicted octanol–water partition coefficient (Wildman–Crippen LogP) is 4.90. The van der Waals surface area contributed by atoms with Crippen LogP contribution in [-0.2, 0) is 18.3 Å². The topological polar surface area (TPSA) is 83.1 Å². The fourth-order valence-corrected chi connectivity index (χ4v) is 7.47. The molecular weight excluding hydrogens is 529 g/mol. The molecule has 1 amide bonds. The second-order valence-electron chi connectivity index (χ2n) is 9.94. The number of hydrogen-bond donors (Lipinski definition) is 1. The highest BCUT2D eigenvalue weighted by atomic mass is 28.4. The van der Waals surface area contributed by atoms with Crippen LogP contribution in [0.4, 0.5) is 9.18 Å². The van der Waals surface area contributed by atoms with Gasteiger partial charge in [0.15, 0.2) is 0 Å². The molecule has 0 spiro atoms. The Hall–Kier alpha value is -3.79. The number of benzene rings is 3. The summed E-state index contributed by atoms with van der Waals surface area (Å²) in [5.74, 6) is -1.31. The van der Waals surface area contributed by atoms with Gasteiger partial charge in [-0.05, 0) is 55.8 Å². The summed E-state index contributed by atoms with van der Waals surface area (Å²) >= 11 is 0. The molecule has 0 heterocycles. The van der Waals surface area contributed by atoms with Crippen LogP contribution in [0.15, 0.2) is 103 Å². The van der Waals surface area contributed by atoms with Crippen molar-refractivity contribution in [2.24, 2.45) is 0 Å². The Labute approximate surface area is 236 Å². The molecule has 1 unspecified atom stereocenters. The highest BCUT2D eigenvalue weighted by Gasteiger charge is 2.45. The lowest BCUT2D eigenvalue weighted by molar-refractivity contribution is 0.0467. The maximum atomic E-state index is 15.3. The largest absolute Gasteiger partial charge is 0.459 e. The van der Waals surface area contributed by atoms with E-state index in [-0.39, 0.29) is 13.0 Å². The zero-order valence-corrected chi connectivity index (χ0v) is 24.3. The number of hydrogen-bond acceptors (Lipinski definition) is 6. The van der Waals surface area contributed by atoms with Crippen molar-refractivity contribution in [3.8, 4) is 0 Å². The minimum atomic E-state index is -3.19. The van der Waals surface area contributed by atoms with E-state index in [1.54, 1.807) is 30.3 Å². The molecule has 0 aromatic heterocycles. The van der Waals surface area contributed by atoms with Gasteiger partial charge in [-0.15, -0.1) is 0 Å². The van der Waals surface area contributed by atoms with E-state index in [0.29, 0.717) is 5.56 Å². The van der Waals surface area contributed by atoms with Gasteiger partial charge in [0.25, 0.3) is 0 Å². The van der Waals surface area contributed by atoms with Crippen LogP contribution < -0.4 is 15.7 Å². The van der Waals surface area contributed by atoms with Crippen molar-refractivity contribution >= 4 is 31.0 Å². The highest BCUT2D eigenvalue weighted by molar-refractivity contribution is 6.92. The Kier molecular flexibility index (Phi) is 11.2. The van der Waals surface area contributed by atoms with E-state index in [1.807, 2.05) is 81.4 Å². The van der Waals surface area contributed by atoms with Crippen LogP contribution in [0.5, 0.6) is 0 Å². The molecule has 0 saturated heterocycles. The van der Waals surface area contributed by atoms with E-state index in [9.17, 15) is 9.59 Å². The van der Waals surface area contributed by atoms with Crippen molar-refractivity contribution in [3.63, 3.8) is 0 Å². The molecule has 9 heteroatoms. The van der Waals surface area contributed by atoms with E-state index in [4.69, 9.17) is 13.6 Å². The lowest BCUT2D eigenvalue weighted by Crippen LogP contribution is -2.65. The van der Waals surface area contributed by atoms with E-state index < -0.39 is 44.7 Å². The van der Waals surface area contributed by atoms with Crippen molar-refractivity contribution in [2.45, 2.75) is 38.8 Å². The Bertz CT molecular complexity index is 1210. The number of esters is 1. The smallest absolute Gasteiger partial charge is 0.407 e. The van der Waals surface area contributed by atoms with Gasteiger partial charge in [0, 0.05) is 6.61 Å². The van der Waals surface area contributed by atoms with Gasteiger partial charge in [0.05, 0.1) is 18.3 Å². The number of ether oxygens (including phenoxy) is 2. The summed E-state index contributed by atoms with van der Waals surface area (Å²) in [6.07, 6.45) is 0.641. The summed E-state index contributed by atoms with van der Waals surface area (Å²) in [7, 11) is -2.02. The van der Waals surface area contributed by atoms with Crippen LogP contribution in [0.25, 0.3) is 0 Å². The Morgan fingerprint density at radius 3 is 1.93 bits per heavy atom. The first-order chi connectivity index (χ1) is 19.1. The van der Waals surface area contributed by atoms with Crippen molar-refractivity contribution in [2.75, 3.05) is 20.3 Å². The number of nitrogens with one attached hydrogen (secondary N) is 1. The molecular formula is C31H36FNO6Si. The summed E-state index contributed by atoms with van der Waals surface area (Å²) in [5, 5.41) is 4.23. The van der Waals surface area contributed by atoms with Crippen molar-refractivity contribution in [1.29, 1.82) is 0 Å². The van der Waals surface area contributed by atoms with Gasteiger partial charge in [0.1, 0.15) is 18.5 Å². The van der Waals surface area contributed by atoms with Gasteiger partial charge in [-0.25, -0.2) is 14.0 Å². The normalized spacial score (nSPS) is 12.9. The fourth-order valence-electron chi connectivity index (χ4n) is 3.98. The van der Waals surface area contributed by atoms with Crippen molar-refractivity contribution < 1.29 is 32.3 Å². The Balaban J connectivity index is 1.78. The third kappa shape index (κ3) is 8.87. The molecule has 0 radical (unpaired) electrons. The average molecular weight is 566 g/mol. The third-order valence-corrected chi connectivity index (χ3v) is 9.42.